The lowest BCUT2D eigenvalue weighted by molar-refractivity contribution is -0.00271. The number of halogens is 2. The summed E-state index contributed by atoms with van der Waals surface area (Å²) in [5.41, 5.74) is -0.0866. The zero-order valence-corrected chi connectivity index (χ0v) is 8.10. The summed E-state index contributed by atoms with van der Waals surface area (Å²) in [5, 5.41) is 20.0. The van der Waals surface area contributed by atoms with Gasteiger partial charge >= 0.3 is 0 Å². The van der Waals surface area contributed by atoms with Gasteiger partial charge in [-0.05, 0) is 6.07 Å². The Balaban J connectivity index is 2.57. The van der Waals surface area contributed by atoms with E-state index in [2.05, 4.69) is 10.3 Å². The molecule has 0 radical (unpaired) electrons. The minimum Gasteiger partial charge on any atom is -0.505 e. The molecule has 0 saturated carbocycles. The molecule has 0 aliphatic rings. The first-order valence-electron chi connectivity index (χ1n) is 4.39. The van der Waals surface area contributed by atoms with Crippen LogP contribution in [0.5, 0.6) is 5.75 Å². The molecule has 5 nitrogen and oxygen atoms in total. The number of aliphatic hydroxyl groups excluding tert-OH is 1. The Morgan fingerprint density at radius 3 is 2.81 bits per heavy atom. The highest BCUT2D eigenvalue weighted by molar-refractivity contribution is 5.96. The molecule has 3 N–H and O–H groups in total. The number of hydrogen-bond donors (Lipinski definition) is 3. The zero-order valence-electron chi connectivity index (χ0n) is 8.10. The van der Waals surface area contributed by atoms with E-state index in [0.717, 1.165) is 6.20 Å². The predicted octanol–water partition coefficient (Wildman–Crippen LogP) is 0.143. The number of hydrogen-bond acceptors (Lipinski definition) is 4. The molecule has 1 atom stereocenters. The van der Waals surface area contributed by atoms with E-state index in [1.54, 1.807) is 0 Å². The maximum absolute atomic E-state index is 11.9. The molecule has 1 unspecified atom stereocenters. The fraction of sp³-hybridized carbons (Fsp3) is 0.333. The number of rotatable bonds is 4. The molecule has 88 valence electrons. The highest BCUT2D eigenvalue weighted by atomic mass is 19.3. The number of pyridine rings is 1. The van der Waals surface area contributed by atoms with Crippen LogP contribution in [0.25, 0.3) is 0 Å². The molecule has 0 aliphatic carbocycles. The first kappa shape index (κ1) is 12.3. The lowest BCUT2D eigenvalue weighted by atomic mass is 10.2. The number of aromatic hydroxyl groups is 1. The Morgan fingerprint density at radius 1 is 1.56 bits per heavy atom. The normalized spacial score (nSPS) is 12.5. The smallest absolute Gasteiger partial charge is 0.265 e. The number of aromatic nitrogens is 1. The Morgan fingerprint density at radius 2 is 2.25 bits per heavy atom. The first-order chi connectivity index (χ1) is 7.52. The van der Waals surface area contributed by atoms with E-state index < -0.39 is 25.0 Å². The van der Waals surface area contributed by atoms with E-state index in [4.69, 9.17) is 5.11 Å². The van der Waals surface area contributed by atoms with Crippen LogP contribution >= 0.6 is 0 Å². The number of nitrogens with zero attached hydrogens (tertiary/aromatic N) is 1. The Kier molecular flexibility index (Phi) is 4.12. The van der Waals surface area contributed by atoms with Gasteiger partial charge in [0.25, 0.3) is 12.3 Å². The Hall–Kier alpha value is -1.76. The third kappa shape index (κ3) is 3.13. The number of alkyl halides is 2. The van der Waals surface area contributed by atoms with Crippen LogP contribution in [0.1, 0.15) is 10.4 Å². The Bertz CT molecular complexity index is 374. The summed E-state index contributed by atoms with van der Waals surface area (Å²) < 4.78 is 23.8. The topological polar surface area (TPSA) is 82.5 Å². The molecule has 0 aliphatic heterocycles. The molecule has 1 amide bonds. The van der Waals surface area contributed by atoms with E-state index in [0.29, 0.717) is 0 Å². The van der Waals surface area contributed by atoms with Gasteiger partial charge in [0.2, 0.25) is 0 Å². The molecule has 1 aromatic rings. The second-order valence-electron chi connectivity index (χ2n) is 3.00. The van der Waals surface area contributed by atoms with Gasteiger partial charge in [-0.1, -0.05) is 0 Å². The average Bonchev–Trinajstić information content (AvgIpc) is 2.25. The maximum atomic E-state index is 11.9. The van der Waals surface area contributed by atoms with Crippen molar-refractivity contribution in [3.8, 4) is 5.75 Å². The summed E-state index contributed by atoms with van der Waals surface area (Å²) in [6, 6.07) is 1.24. The van der Waals surface area contributed by atoms with Crippen molar-refractivity contribution in [3.05, 3.63) is 24.0 Å². The SMILES string of the molecule is O=C(NCC(O)C(F)F)c1ccncc1O. The van der Waals surface area contributed by atoms with Crippen LogP contribution < -0.4 is 5.32 Å². The van der Waals surface area contributed by atoms with E-state index in [1.807, 2.05) is 0 Å². The van der Waals surface area contributed by atoms with Crippen molar-refractivity contribution in [3.63, 3.8) is 0 Å². The lowest BCUT2D eigenvalue weighted by Gasteiger charge is -2.10. The minimum atomic E-state index is -2.92. The number of nitrogens with one attached hydrogen (secondary N) is 1. The molecule has 1 heterocycles. The van der Waals surface area contributed by atoms with Crippen LogP contribution in [-0.2, 0) is 0 Å². The third-order valence-corrected chi connectivity index (χ3v) is 1.81. The molecular formula is C9H10F2N2O3. The number of aliphatic hydroxyl groups is 1. The molecule has 0 fully saturated rings. The summed E-state index contributed by atoms with van der Waals surface area (Å²) >= 11 is 0. The van der Waals surface area contributed by atoms with Gasteiger partial charge in [0.05, 0.1) is 11.8 Å². The van der Waals surface area contributed by atoms with E-state index in [9.17, 15) is 18.7 Å². The van der Waals surface area contributed by atoms with Gasteiger partial charge in [0.1, 0.15) is 11.9 Å². The van der Waals surface area contributed by atoms with E-state index in [1.165, 1.54) is 12.3 Å². The van der Waals surface area contributed by atoms with Crippen LogP contribution in [-0.4, -0.2) is 40.2 Å². The molecule has 0 saturated heterocycles. The number of carbonyl (C=O) groups excluding carboxylic acids is 1. The minimum absolute atomic E-state index is 0.0866. The number of carbonyl (C=O) groups is 1. The van der Waals surface area contributed by atoms with Gasteiger partial charge in [-0.25, -0.2) is 8.78 Å². The molecule has 7 heteroatoms. The van der Waals surface area contributed by atoms with Crippen molar-refractivity contribution in [1.29, 1.82) is 0 Å². The fourth-order valence-electron chi connectivity index (χ4n) is 0.960. The second-order valence-corrected chi connectivity index (χ2v) is 3.00. The summed E-state index contributed by atoms with van der Waals surface area (Å²) in [7, 11) is 0. The highest BCUT2D eigenvalue weighted by Gasteiger charge is 2.18. The third-order valence-electron chi connectivity index (χ3n) is 1.81. The van der Waals surface area contributed by atoms with E-state index >= 15 is 0 Å². The summed E-state index contributed by atoms with van der Waals surface area (Å²) in [6.07, 6.45) is -2.52. The lowest BCUT2D eigenvalue weighted by Crippen LogP contribution is -2.35. The van der Waals surface area contributed by atoms with Crippen molar-refractivity contribution in [2.75, 3.05) is 6.54 Å². The summed E-state index contributed by atoms with van der Waals surface area (Å²) in [6.45, 7) is -0.585. The first-order valence-corrected chi connectivity index (χ1v) is 4.39. The maximum Gasteiger partial charge on any atom is 0.265 e. The fourth-order valence-corrected chi connectivity index (χ4v) is 0.960. The van der Waals surface area contributed by atoms with Crippen molar-refractivity contribution in [2.24, 2.45) is 0 Å². The van der Waals surface area contributed by atoms with Crippen LogP contribution in [0.4, 0.5) is 8.78 Å². The molecule has 0 bridgehead atoms. The highest BCUT2D eigenvalue weighted by Crippen LogP contribution is 2.13. The van der Waals surface area contributed by atoms with Crippen molar-refractivity contribution >= 4 is 5.91 Å². The summed E-state index contributed by atoms with van der Waals surface area (Å²) in [5.74, 6) is -1.11. The quantitative estimate of drug-likeness (QED) is 0.689. The number of amides is 1. The van der Waals surface area contributed by atoms with Crippen molar-refractivity contribution in [1.82, 2.24) is 10.3 Å². The largest absolute Gasteiger partial charge is 0.505 e. The Labute approximate surface area is 89.7 Å². The van der Waals surface area contributed by atoms with Crippen LogP contribution in [0, 0.1) is 0 Å². The van der Waals surface area contributed by atoms with Gasteiger partial charge in [-0.3, -0.25) is 9.78 Å². The van der Waals surface area contributed by atoms with Crippen LogP contribution in [0.2, 0.25) is 0 Å². The van der Waals surface area contributed by atoms with Gasteiger partial charge < -0.3 is 15.5 Å². The average molecular weight is 232 g/mol. The predicted molar refractivity (Wildman–Crippen MR) is 50.2 cm³/mol. The van der Waals surface area contributed by atoms with Gasteiger partial charge in [-0.2, -0.15) is 0 Å². The van der Waals surface area contributed by atoms with Gasteiger partial charge in [0.15, 0.2) is 0 Å². The zero-order chi connectivity index (χ0) is 12.1. The molecule has 1 aromatic heterocycles. The molecule has 16 heavy (non-hydrogen) atoms. The standard InChI is InChI=1S/C9H10F2N2O3/c10-8(11)7(15)4-13-9(16)5-1-2-12-3-6(5)14/h1-3,7-8,14-15H,4H2,(H,13,16). The van der Waals surface area contributed by atoms with Crippen molar-refractivity contribution in [2.45, 2.75) is 12.5 Å². The van der Waals surface area contributed by atoms with E-state index in [-0.39, 0.29) is 11.3 Å². The molecular weight excluding hydrogens is 222 g/mol. The molecule has 0 spiro atoms. The van der Waals surface area contributed by atoms with Gasteiger partial charge in [-0.15, -0.1) is 0 Å². The van der Waals surface area contributed by atoms with Crippen LogP contribution in [0.15, 0.2) is 18.5 Å². The molecule has 0 aromatic carbocycles. The second kappa shape index (κ2) is 5.36. The monoisotopic (exact) mass is 232 g/mol. The van der Waals surface area contributed by atoms with Gasteiger partial charge in [0, 0.05) is 12.7 Å². The summed E-state index contributed by atoms with van der Waals surface area (Å²) in [4.78, 5) is 14.9. The van der Waals surface area contributed by atoms with Crippen LogP contribution in [0.3, 0.4) is 0 Å². The molecule has 1 rings (SSSR count). The van der Waals surface area contributed by atoms with Crippen molar-refractivity contribution < 1.29 is 23.8 Å².